The number of piperidine rings is 1. The molecule has 2 aromatic rings. The van der Waals surface area contributed by atoms with Crippen LogP contribution in [-0.4, -0.2) is 56.0 Å². The lowest BCUT2D eigenvalue weighted by Gasteiger charge is -2.39. The number of hydrogen-bond acceptors (Lipinski definition) is 8. The van der Waals surface area contributed by atoms with Crippen LogP contribution in [0.15, 0.2) is 29.4 Å². The van der Waals surface area contributed by atoms with Gasteiger partial charge in [0.25, 0.3) is 0 Å². The van der Waals surface area contributed by atoms with Crippen LogP contribution >= 0.6 is 0 Å². The minimum Gasteiger partial charge on any atom is -0.474 e. The third kappa shape index (κ3) is 4.49. The first kappa shape index (κ1) is 20.0. The lowest BCUT2D eigenvalue weighted by molar-refractivity contribution is -0.0134. The Labute approximate surface area is 168 Å². The van der Waals surface area contributed by atoms with E-state index in [1.807, 2.05) is 0 Å². The second-order valence-corrected chi connectivity index (χ2v) is 9.52. The number of nitrogens with zero attached hydrogens (tertiary/aromatic N) is 2. The Morgan fingerprint density at radius 1 is 1.24 bits per heavy atom. The lowest BCUT2D eigenvalue weighted by Crippen LogP contribution is -2.56. The van der Waals surface area contributed by atoms with Gasteiger partial charge in [0.2, 0.25) is 5.88 Å². The summed E-state index contributed by atoms with van der Waals surface area (Å²) in [4.78, 5) is 8.34. The van der Waals surface area contributed by atoms with Crippen LogP contribution in [0.2, 0.25) is 0 Å². The van der Waals surface area contributed by atoms with Crippen LogP contribution in [0.25, 0.3) is 0 Å². The minimum absolute atomic E-state index is 0.0161. The van der Waals surface area contributed by atoms with Gasteiger partial charge >= 0.3 is 0 Å². The summed E-state index contributed by atoms with van der Waals surface area (Å²) < 4.78 is 49.2. The molecule has 2 unspecified atom stereocenters. The van der Waals surface area contributed by atoms with Gasteiger partial charge in [-0.25, -0.2) is 22.8 Å². The highest BCUT2D eigenvalue weighted by atomic mass is 32.2. The number of halogens is 1. The van der Waals surface area contributed by atoms with E-state index in [0.717, 1.165) is 25.2 Å². The lowest BCUT2D eigenvalue weighted by atomic mass is 9.95. The summed E-state index contributed by atoms with van der Waals surface area (Å²) in [6.45, 7) is 3.15. The maximum absolute atomic E-state index is 14.4. The number of aromatic nitrogens is 2. The number of sulfone groups is 1. The van der Waals surface area contributed by atoms with Gasteiger partial charge in [0.1, 0.15) is 24.1 Å². The largest absolute Gasteiger partial charge is 0.474 e. The smallest absolute Gasteiger partial charge is 0.221 e. The van der Waals surface area contributed by atoms with Crippen molar-refractivity contribution in [1.29, 1.82) is 0 Å². The molecule has 2 atom stereocenters. The van der Waals surface area contributed by atoms with Crippen molar-refractivity contribution in [2.24, 2.45) is 0 Å². The second kappa shape index (κ2) is 7.85. The number of anilines is 2. The van der Waals surface area contributed by atoms with Gasteiger partial charge in [-0.05, 0) is 25.1 Å². The molecule has 2 fully saturated rings. The number of rotatable bonds is 5. The van der Waals surface area contributed by atoms with Gasteiger partial charge < -0.3 is 20.1 Å². The Kier molecular flexibility index (Phi) is 5.41. The fraction of sp³-hybridized carbons (Fsp3) is 0.474. The van der Waals surface area contributed by atoms with E-state index in [4.69, 9.17) is 9.47 Å². The highest BCUT2D eigenvalue weighted by Crippen LogP contribution is 2.29. The first-order chi connectivity index (χ1) is 13.8. The third-order valence-corrected chi connectivity index (χ3v) is 6.25. The van der Waals surface area contributed by atoms with Crippen molar-refractivity contribution in [3.8, 4) is 5.88 Å². The van der Waals surface area contributed by atoms with Gasteiger partial charge in [0.05, 0.1) is 29.4 Å². The number of ether oxygens (including phenoxy) is 2. The molecule has 8 nitrogen and oxygen atoms in total. The minimum atomic E-state index is -3.48. The van der Waals surface area contributed by atoms with Gasteiger partial charge in [-0.1, -0.05) is 0 Å². The molecule has 2 aliphatic heterocycles. The Bertz CT molecular complexity index is 1010. The zero-order valence-corrected chi connectivity index (χ0v) is 17.0. The van der Waals surface area contributed by atoms with Crippen molar-refractivity contribution in [3.05, 3.63) is 35.9 Å². The molecule has 0 aliphatic carbocycles. The Balaban J connectivity index is 1.51. The van der Waals surface area contributed by atoms with Crippen LogP contribution in [0.5, 0.6) is 5.88 Å². The number of fused-ring (bicyclic) bond motifs is 2. The molecule has 29 heavy (non-hydrogen) atoms. The van der Waals surface area contributed by atoms with E-state index < -0.39 is 15.7 Å². The van der Waals surface area contributed by atoms with Crippen LogP contribution in [0, 0.1) is 12.7 Å². The van der Waals surface area contributed by atoms with E-state index in [9.17, 15) is 12.8 Å². The average molecular weight is 422 g/mol. The summed E-state index contributed by atoms with van der Waals surface area (Å²) in [5, 5.41) is 6.42. The molecular formula is C19H23FN4O4S. The Morgan fingerprint density at radius 3 is 2.62 bits per heavy atom. The summed E-state index contributed by atoms with van der Waals surface area (Å²) in [6, 6.07) is 4.26. The first-order valence-electron chi connectivity index (χ1n) is 9.38. The maximum Gasteiger partial charge on any atom is 0.221 e. The van der Waals surface area contributed by atoms with E-state index in [1.54, 1.807) is 6.92 Å². The normalized spacial score (nSPS) is 24.2. The van der Waals surface area contributed by atoms with Crippen LogP contribution < -0.4 is 15.4 Å². The zero-order chi connectivity index (χ0) is 20.6. The van der Waals surface area contributed by atoms with Crippen molar-refractivity contribution in [1.82, 2.24) is 15.3 Å². The number of morpholine rings is 1. The number of hydrogen-bond donors (Lipinski definition) is 2. The number of benzene rings is 1. The summed E-state index contributed by atoms with van der Waals surface area (Å²) in [7, 11) is -3.48. The quantitative estimate of drug-likeness (QED) is 0.754. The van der Waals surface area contributed by atoms with Crippen molar-refractivity contribution in [2.45, 2.75) is 42.8 Å². The van der Waals surface area contributed by atoms with E-state index >= 15 is 0 Å². The predicted molar refractivity (Wildman–Crippen MR) is 105 cm³/mol. The van der Waals surface area contributed by atoms with E-state index in [0.29, 0.717) is 30.5 Å². The summed E-state index contributed by atoms with van der Waals surface area (Å²) in [5.74, 6) is 0.166. The molecular weight excluding hydrogens is 399 g/mol. The molecule has 156 valence electrons. The highest BCUT2D eigenvalue weighted by Gasteiger charge is 2.33. The molecule has 10 heteroatoms. The fourth-order valence-corrected chi connectivity index (χ4v) is 4.31. The molecule has 0 amide bonds. The molecule has 1 aromatic heterocycles. The molecule has 1 aromatic carbocycles. The molecule has 2 aliphatic rings. The molecule has 3 heterocycles. The molecule has 0 radical (unpaired) electrons. The molecule has 4 rings (SSSR count). The van der Waals surface area contributed by atoms with Crippen molar-refractivity contribution < 1.29 is 22.3 Å². The van der Waals surface area contributed by atoms with Crippen LogP contribution in [0.3, 0.4) is 0 Å². The van der Waals surface area contributed by atoms with Crippen molar-refractivity contribution in [2.75, 3.05) is 24.8 Å². The predicted octanol–water partition coefficient (Wildman–Crippen LogP) is 1.97. The zero-order valence-electron chi connectivity index (χ0n) is 16.2. The Hall–Kier alpha value is -2.30. The van der Waals surface area contributed by atoms with Gasteiger partial charge in [-0.3, -0.25) is 0 Å². The monoisotopic (exact) mass is 422 g/mol. The highest BCUT2D eigenvalue weighted by molar-refractivity contribution is 7.90. The van der Waals surface area contributed by atoms with Gasteiger partial charge in [-0.2, -0.15) is 0 Å². The maximum atomic E-state index is 14.4. The second-order valence-electron chi connectivity index (χ2n) is 7.50. The first-order valence-corrected chi connectivity index (χ1v) is 11.3. The van der Waals surface area contributed by atoms with E-state index in [-0.39, 0.29) is 28.8 Å². The van der Waals surface area contributed by atoms with Crippen LogP contribution in [0.4, 0.5) is 15.9 Å². The van der Waals surface area contributed by atoms with Crippen LogP contribution in [-0.2, 0) is 14.6 Å². The SMILES string of the molecule is Cc1c(Nc2ccc(S(C)(=O)=O)cc2F)ncnc1OC1CC2COCC(C1)N2. The third-order valence-electron chi connectivity index (χ3n) is 5.14. The van der Waals surface area contributed by atoms with E-state index in [2.05, 4.69) is 20.6 Å². The topological polar surface area (TPSA) is 102 Å². The van der Waals surface area contributed by atoms with Gasteiger partial charge in [0.15, 0.2) is 9.84 Å². The van der Waals surface area contributed by atoms with Gasteiger partial charge in [0, 0.05) is 31.2 Å². The molecule has 2 bridgehead atoms. The molecule has 0 saturated carbocycles. The molecule has 2 saturated heterocycles. The summed E-state index contributed by atoms with van der Waals surface area (Å²) >= 11 is 0. The van der Waals surface area contributed by atoms with Gasteiger partial charge in [-0.15, -0.1) is 0 Å². The van der Waals surface area contributed by atoms with E-state index in [1.165, 1.54) is 18.5 Å². The standard InChI is InChI=1S/C19H23FN4O4S/c1-11-18(24-17-4-3-15(7-16(17)20)29(2,25)26)21-10-22-19(11)28-14-5-12-8-27-9-13(6-14)23-12/h3-4,7,10,12-14,23H,5-6,8-9H2,1-2H3,(H,21,22,24). The summed E-state index contributed by atoms with van der Waals surface area (Å²) in [6.07, 6.45) is 4.06. The van der Waals surface area contributed by atoms with Crippen molar-refractivity contribution in [3.63, 3.8) is 0 Å². The Morgan fingerprint density at radius 2 is 1.97 bits per heavy atom. The molecule has 2 N–H and O–H groups in total. The number of nitrogens with one attached hydrogen (secondary N) is 2. The van der Waals surface area contributed by atoms with Crippen LogP contribution in [0.1, 0.15) is 18.4 Å². The molecule has 0 spiro atoms. The average Bonchev–Trinajstić information content (AvgIpc) is 2.65. The summed E-state index contributed by atoms with van der Waals surface area (Å²) in [5.41, 5.74) is 0.776. The fourth-order valence-electron chi connectivity index (χ4n) is 3.67. The van der Waals surface area contributed by atoms with Crippen molar-refractivity contribution >= 4 is 21.3 Å².